The molecule has 2 rings (SSSR count). The second-order valence-corrected chi connectivity index (χ2v) is 5.60. The van der Waals surface area contributed by atoms with Gasteiger partial charge in [0.2, 0.25) is 0 Å². The largest absolute Gasteiger partial charge is 0.375 e. The molecular weight excluding hydrogens is 326 g/mol. The van der Waals surface area contributed by atoms with Crippen molar-refractivity contribution in [1.29, 1.82) is 0 Å². The van der Waals surface area contributed by atoms with Gasteiger partial charge in [-0.25, -0.2) is 0 Å². The van der Waals surface area contributed by atoms with Crippen molar-refractivity contribution in [1.82, 2.24) is 0 Å². The zero-order chi connectivity index (χ0) is 13.8. The molecule has 1 atom stereocenters. The highest BCUT2D eigenvalue weighted by molar-refractivity contribution is 9.10. The Balaban J connectivity index is 2.09. The molecule has 0 fully saturated rings. The van der Waals surface area contributed by atoms with Gasteiger partial charge in [-0.2, -0.15) is 0 Å². The van der Waals surface area contributed by atoms with Gasteiger partial charge in [0, 0.05) is 20.7 Å². The van der Waals surface area contributed by atoms with Crippen LogP contribution in [0.2, 0.25) is 5.02 Å². The Morgan fingerprint density at radius 2 is 1.89 bits per heavy atom. The van der Waals surface area contributed by atoms with Crippen LogP contribution in [-0.2, 0) is 0 Å². The summed E-state index contributed by atoms with van der Waals surface area (Å²) in [7, 11) is 0. The molecule has 0 aliphatic rings. The zero-order valence-electron chi connectivity index (χ0n) is 10.4. The number of Topliss-reactive ketones (excluding diaryl/α,β-unsaturated/α-hetero) is 1. The molecule has 0 heterocycles. The van der Waals surface area contributed by atoms with E-state index in [0.717, 1.165) is 10.2 Å². The van der Waals surface area contributed by atoms with E-state index >= 15 is 0 Å². The fraction of sp³-hybridized carbons (Fsp3) is 0.133. The summed E-state index contributed by atoms with van der Waals surface area (Å²) in [5.41, 5.74) is 1.56. The van der Waals surface area contributed by atoms with E-state index in [1.54, 1.807) is 12.1 Å². The van der Waals surface area contributed by atoms with E-state index in [4.69, 9.17) is 11.6 Å². The minimum atomic E-state index is -0.296. The third kappa shape index (κ3) is 3.82. The van der Waals surface area contributed by atoms with E-state index in [1.165, 1.54) is 0 Å². The summed E-state index contributed by atoms with van der Waals surface area (Å²) < 4.78 is 0.900. The summed E-state index contributed by atoms with van der Waals surface area (Å²) in [4.78, 5) is 12.3. The van der Waals surface area contributed by atoms with Crippen LogP contribution >= 0.6 is 27.5 Å². The maximum Gasteiger partial charge on any atom is 0.184 e. The van der Waals surface area contributed by atoms with Gasteiger partial charge >= 0.3 is 0 Å². The van der Waals surface area contributed by atoms with Crippen molar-refractivity contribution in [2.75, 3.05) is 5.32 Å². The first kappa shape index (κ1) is 14.1. The standard InChI is InChI=1S/C15H13BrClNO/c1-10(18-14-7-5-13(17)6-8-14)15(19)11-3-2-4-12(16)9-11/h2-10,18H,1H3. The molecule has 0 aliphatic carbocycles. The van der Waals surface area contributed by atoms with Crippen LogP contribution < -0.4 is 5.32 Å². The summed E-state index contributed by atoms with van der Waals surface area (Å²) in [6, 6.07) is 14.4. The third-order valence-electron chi connectivity index (χ3n) is 2.73. The number of anilines is 1. The number of hydrogen-bond acceptors (Lipinski definition) is 2. The Morgan fingerprint density at radius 3 is 2.53 bits per heavy atom. The third-order valence-corrected chi connectivity index (χ3v) is 3.48. The maximum atomic E-state index is 12.3. The molecule has 19 heavy (non-hydrogen) atoms. The van der Waals surface area contributed by atoms with Crippen LogP contribution in [0.5, 0.6) is 0 Å². The van der Waals surface area contributed by atoms with E-state index in [9.17, 15) is 4.79 Å². The Morgan fingerprint density at radius 1 is 1.21 bits per heavy atom. The first-order chi connectivity index (χ1) is 9.06. The quantitative estimate of drug-likeness (QED) is 0.812. The van der Waals surface area contributed by atoms with Crippen molar-refractivity contribution in [3.63, 3.8) is 0 Å². The minimum absolute atomic E-state index is 0.0521. The molecule has 0 saturated heterocycles. The lowest BCUT2D eigenvalue weighted by Gasteiger charge is -2.14. The predicted molar refractivity (Wildman–Crippen MR) is 83.0 cm³/mol. The van der Waals surface area contributed by atoms with Gasteiger partial charge in [0.05, 0.1) is 6.04 Å². The van der Waals surface area contributed by atoms with Crippen molar-refractivity contribution < 1.29 is 4.79 Å². The van der Waals surface area contributed by atoms with E-state index in [-0.39, 0.29) is 11.8 Å². The van der Waals surface area contributed by atoms with Crippen LogP contribution in [0.4, 0.5) is 5.69 Å². The number of carbonyl (C=O) groups is 1. The van der Waals surface area contributed by atoms with Crippen LogP contribution in [-0.4, -0.2) is 11.8 Å². The van der Waals surface area contributed by atoms with Crippen LogP contribution in [0.3, 0.4) is 0 Å². The second-order valence-electron chi connectivity index (χ2n) is 4.25. The molecule has 0 bridgehead atoms. The maximum absolute atomic E-state index is 12.3. The highest BCUT2D eigenvalue weighted by Crippen LogP contribution is 2.17. The van der Waals surface area contributed by atoms with Gasteiger partial charge in [-0.05, 0) is 43.3 Å². The number of benzene rings is 2. The van der Waals surface area contributed by atoms with E-state index < -0.39 is 0 Å². The minimum Gasteiger partial charge on any atom is -0.375 e. The Bertz CT molecular complexity index is 583. The first-order valence-corrected chi connectivity index (χ1v) is 7.05. The zero-order valence-corrected chi connectivity index (χ0v) is 12.7. The van der Waals surface area contributed by atoms with E-state index in [0.29, 0.717) is 10.6 Å². The Kier molecular flexibility index (Phi) is 4.61. The van der Waals surface area contributed by atoms with Gasteiger partial charge in [0.1, 0.15) is 0 Å². The van der Waals surface area contributed by atoms with Gasteiger partial charge in [0.15, 0.2) is 5.78 Å². The smallest absolute Gasteiger partial charge is 0.184 e. The van der Waals surface area contributed by atoms with Gasteiger partial charge in [-0.1, -0.05) is 39.7 Å². The fourth-order valence-corrected chi connectivity index (χ4v) is 2.28. The van der Waals surface area contributed by atoms with Crippen LogP contribution in [0.25, 0.3) is 0 Å². The summed E-state index contributed by atoms with van der Waals surface area (Å²) in [5, 5.41) is 3.84. The SMILES string of the molecule is CC(Nc1ccc(Cl)cc1)C(=O)c1cccc(Br)c1. The lowest BCUT2D eigenvalue weighted by atomic mass is 10.1. The Hall–Kier alpha value is -1.32. The Labute approximate surface area is 125 Å². The molecule has 2 aromatic carbocycles. The van der Waals surface area contributed by atoms with E-state index in [2.05, 4.69) is 21.2 Å². The molecule has 1 unspecified atom stereocenters. The van der Waals surface area contributed by atoms with Gasteiger partial charge in [0.25, 0.3) is 0 Å². The molecule has 2 aromatic rings. The van der Waals surface area contributed by atoms with Crippen molar-refractivity contribution in [2.45, 2.75) is 13.0 Å². The number of carbonyl (C=O) groups excluding carboxylic acids is 1. The first-order valence-electron chi connectivity index (χ1n) is 5.88. The normalized spacial score (nSPS) is 11.9. The van der Waals surface area contributed by atoms with Crippen molar-refractivity contribution >= 4 is 39.0 Å². The van der Waals surface area contributed by atoms with Crippen molar-refractivity contribution in [2.24, 2.45) is 0 Å². The summed E-state index contributed by atoms with van der Waals surface area (Å²) in [5.74, 6) is 0.0521. The molecule has 0 radical (unpaired) electrons. The molecular formula is C15H13BrClNO. The highest BCUT2D eigenvalue weighted by Gasteiger charge is 2.15. The number of nitrogens with one attached hydrogen (secondary N) is 1. The number of ketones is 1. The number of rotatable bonds is 4. The van der Waals surface area contributed by atoms with Crippen molar-refractivity contribution in [3.8, 4) is 0 Å². The second kappa shape index (κ2) is 6.22. The van der Waals surface area contributed by atoms with Crippen LogP contribution in [0.1, 0.15) is 17.3 Å². The molecule has 0 spiro atoms. The fourth-order valence-electron chi connectivity index (χ4n) is 1.75. The molecule has 4 heteroatoms. The lowest BCUT2D eigenvalue weighted by molar-refractivity contribution is 0.0975. The molecule has 1 N–H and O–H groups in total. The van der Waals surface area contributed by atoms with Gasteiger partial charge in [-0.15, -0.1) is 0 Å². The van der Waals surface area contributed by atoms with Gasteiger partial charge in [-0.3, -0.25) is 4.79 Å². The number of hydrogen-bond donors (Lipinski definition) is 1. The average Bonchev–Trinajstić information content (AvgIpc) is 2.40. The monoisotopic (exact) mass is 337 g/mol. The van der Waals surface area contributed by atoms with Gasteiger partial charge < -0.3 is 5.32 Å². The van der Waals surface area contributed by atoms with Crippen molar-refractivity contribution in [3.05, 3.63) is 63.6 Å². The summed E-state index contributed by atoms with van der Waals surface area (Å²) in [6.45, 7) is 1.85. The number of halogens is 2. The molecule has 0 amide bonds. The summed E-state index contributed by atoms with van der Waals surface area (Å²) >= 11 is 9.19. The molecule has 0 aliphatic heterocycles. The molecule has 98 valence electrons. The topological polar surface area (TPSA) is 29.1 Å². The lowest BCUT2D eigenvalue weighted by Crippen LogP contribution is -2.26. The molecule has 0 aromatic heterocycles. The van der Waals surface area contributed by atoms with Crippen LogP contribution in [0.15, 0.2) is 53.0 Å². The summed E-state index contributed by atoms with van der Waals surface area (Å²) in [6.07, 6.45) is 0. The van der Waals surface area contributed by atoms with E-state index in [1.807, 2.05) is 43.3 Å². The molecule has 0 saturated carbocycles. The average molecular weight is 339 g/mol. The highest BCUT2D eigenvalue weighted by atomic mass is 79.9. The molecule has 2 nitrogen and oxygen atoms in total. The predicted octanol–water partition coefficient (Wildman–Crippen LogP) is 4.79. The van der Waals surface area contributed by atoms with Crippen LogP contribution in [0, 0.1) is 0 Å².